The van der Waals surface area contributed by atoms with E-state index in [0.717, 1.165) is 38.3 Å². The number of hydrogen-bond acceptors (Lipinski definition) is 3. The number of nitrogens with one attached hydrogen (secondary N) is 1. The Bertz CT molecular complexity index is 463. The quantitative estimate of drug-likeness (QED) is 0.921. The highest BCUT2D eigenvalue weighted by atomic mass is 35.5. The molecule has 0 saturated carbocycles. The Morgan fingerprint density at radius 2 is 2.00 bits per heavy atom. The van der Waals surface area contributed by atoms with Crippen LogP contribution in [0.15, 0.2) is 18.2 Å². The molecule has 0 aromatic heterocycles. The zero-order valence-electron chi connectivity index (χ0n) is 12.6. The summed E-state index contributed by atoms with van der Waals surface area (Å²) in [7, 11) is 0. The van der Waals surface area contributed by atoms with Gasteiger partial charge in [-0.3, -0.25) is 9.80 Å². The maximum atomic E-state index is 13.1. The molecule has 1 aromatic carbocycles. The fourth-order valence-corrected chi connectivity index (χ4v) is 3.38. The van der Waals surface area contributed by atoms with Gasteiger partial charge in [-0.05, 0) is 36.6 Å². The molecule has 2 saturated heterocycles. The topological polar surface area (TPSA) is 18.5 Å². The predicted molar refractivity (Wildman–Crippen MR) is 86.5 cm³/mol. The highest BCUT2D eigenvalue weighted by Gasteiger charge is 2.28. The van der Waals surface area contributed by atoms with Crippen LogP contribution < -0.4 is 5.32 Å². The standard InChI is InChI=1S/C16H24FN3.ClH/c1-13-10-15(17)3-2-14(13)11-19-7-4-16(12-19)20-8-5-18-6-9-20;/h2-3,10,16,18H,4-9,11-12H2,1H3;1H. The van der Waals surface area contributed by atoms with Gasteiger partial charge in [0.1, 0.15) is 5.82 Å². The van der Waals surface area contributed by atoms with Crippen LogP contribution in [0.3, 0.4) is 0 Å². The largest absolute Gasteiger partial charge is 0.314 e. The van der Waals surface area contributed by atoms with Crippen LogP contribution in [0.2, 0.25) is 0 Å². The van der Waals surface area contributed by atoms with Gasteiger partial charge < -0.3 is 5.32 Å². The maximum absolute atomic E-state index is 13.1. The third kappa shape index (κ3) is 4.16. The van der Waals surface area contributed by atoms with Gasteiger partial charge in [0, 0.05) is 51.9 Å². The Morgan fingerprint density at radius 1 is 1.24 bits per heavy atom. The van der Waals surface area contributed by atoms with Crippen LogP contribution in [0.1, 0.15) is 17.5 Å². The van der Waals surface area contributed by atoms with Gasteiger partial charge in [-0.1, -0.05) is 6.07 Å². The minimum atomic E-state index is -0.133. The van der Waals surface area contributed by atoms with Crippen LogP contribution in [0, 0.1) is 12.7 Å². The van der Waals surface area contributed by atoms with Crippen molar-refractivity contribution >= 4 is 12.4 Å². The van der Waals surface area contributed by atoms with Crippen LogP contribution in [-0.4, -0.2) is 55.1 Å². The van der Waals surface area contributed by atoms with E-state index in [1.54, 1.807) is 12.1 Å². The van der Waals surface area contributed by atoms with E-state index in [4.69, 9.17) is 0 Å². The summed E-state index contributed by atoms with van der Waals surface area (Å²) in [5.41, 5.74) is 2.32. The minimum absolute atomic E-state index is 0. The van der Waals surface area contributed by atoms with Crippen molar-refractivity contribution in [2.45, 2.75) is 25.9 Å². The smallest absolute Gasteiger partial charge is 0.123 e. The van der Waals surface area contributed by atoms with Crippen LogP contribution in [0.4, 0.5) is 4.39 Å². The van der Waals surface area contributed by atoms with Gasteiger partial charge in [0.15, 0.2) is 0 Å². The van der Waals surface area contributed by atoms with E-state index >= 15 is 0 Å². The number of rotatable bonds is 3. The molecule has 1 atom stereocenters. The molecule has 0 radical (unpaired) electrons. The molecule has 0 bridgehead atoms. The summed E-state index contributed by atoms with van der Waals surface area (Å²) in [5, 5.41) is 3.41. The third-order valence-electron chi connectivity index (χ3n) is 4.61. The Balaban J connectivity index is 0.00000161. The number of piperazine rings is 1. The molecule has 2 heterocycles. The molecule has 0 aliphatic carbocycles. The molecule has 5 heteroatoms. The van der Waals surface area contributed by atoms with Crippen LogP contribution in [-0.2, 0) is 6.54 Å². The zero-order chi connectivity index (χ0) is 13.9. The summed E-state index contributed by atoms with van der Waals surface area (Å²) < 4.78 is 13.1. The van der Waals surface area contributed by atoms with Crippen molar-refractivity contribution in [2.24, 2.45) is 0 Å². The fraction of sp³-hybridized carbons (Fsp3) is 0.625. The summed E-state index contributed by atoms with van der Waals surface area (Å²) in [4.78, 5) is 5.13. The number of aryl methyl sites for hydroxylation is 1. The van der Waals surface area contributed by atoms with E-state index in [1.807, 2.05) is 13.0 Å². The first-order valence-corrected chi connectivity index (χ1v) is 7.64. The summed E-state index contributed by atoms with van der Waals surface area (Å²) in [6, 6.07) is 5.85. The number of benzene rings is 1. The van der Waals surface area contributed by atoms with Crippen LogP contribution in [0.25, 0.3) is 0 Å². The van der Waals surface area contributed by atoms with Crippen molar-refractivity contribution in [1.29, 1.82) is 0 Å². The minimum Gasteiger partial charge on any atom is -0.314 e. The predicted octanol–water partition coefficient (Wildman–Crippen LogP) is 2.04. The van der Waals surface area contributed by atoms with Crippen LogP contribution in [0.5, 0.6) is 0 Å². The summed E-state index contributed by atoms with van der Waals surface area (Å²) in [5.74, 6) is -0.133. The average molecular weight is 314 g/mol. The van der Waals surface area contributed by atoms with Crippen molar-refractivity contribution in [2.75, 3.05) is 39.3 Å². The van der Waals surface area contributed by atoms with Crippen molar-refractivity contribution in [3.63, 3.8) is 0 Å². The highest BCUT2D eigenvalue weighted by Crippen LogP contribution is 2.20. The molecular weight excluding hydrogens is 289 g/mol. The third-order valence-corrected chi connectivity index (χ3v) is 4.61. The van der Waals surface area contributed by atoms with Crippen molar-refractivity contribution in [3.05, 3.63) is 35.1 Å². The molecule has 0 amide bonds. The second-order valence-electron chi connectivity index (χ2n) is 6.03. The second-order valence-corrected chi connectivity index (χ2v) is 6.03. The van der Waals surface area contributed by atoms with Gasteiger partial charge in [0.25, 0.3) is 0 Å². The SMILES string of the molecule is Cc1cc(F)ccc1CN1CCC(N2CCNCC2)C1.Cl. The van der Waals surface area contributed by atoms with Gasteiger partial charge in [0.05, 0.1) is 0 Å². The highest BCUT2D eigenvalue weighted by molar-refractivity contribution is 5.85. The summed E-state index contributed by atoms with van der Waals surface area (Å²) in [6.45, 7) is 9.85. The lowest BCUT2D eigenvalue weighted by molar-refractivity contribution is 0.170. The molecule has 3 rings (SSSR count). The van der Waals surface area contributed by atoms with Crippen molar-refractivity contribution in [1.82, 2.24) is 15.1 Å². The molecular formula is C16H25ClFN3. The Kier molecular flexibility index (Phi) is 5.99. The molecule has 0 spiro atoms. The molecule has 1 unspecified atom stereocenters. The maximum Gasteiger partial charge on any atom is 0.123 e. The Labute approximate surface area is 132 Å². The van der Waals surface area contributed by atoms with E-state index in [-0.39, 0.29) is 18.2 Å². The number of likely N-dealkylation sites (tertiary alicyclic amines) is 1. The van der Waals surface area contributed by atoms with E-state index in [1.165, 1.54) is 25.1 Å². The number of nitrogens with zero attached hydrogens (tertiary/aromatic N) is 2. The number of hydrogen-bond donors (Lipinski definition) is 1. The Hall–Kier alpha value is -0.680. The fourth-order valence-electron chi connectivity index (χ4n) is 3.38. The molecule has 3 nitrogen and oxygen atoms in total. The zero-order valence-corrected chi connectivity index (χ0v) is 13.5. The van der Waals surface area contributed by atoms with Crippen molar-refractivity contribution < 1.29 is 4.39 Å². The van der Waals surface area contributed by atoms with Gasteiger partial charge in [-0.15, -0.1) is 12.4 Å². The normalized spacial score (nSPS) is 24.0. The van der Waals surface area contributed by atoms with Crippen LogP contribution >= 0.6 is 12.4 Å². The molecule has 1 aromatic rings. The average Bonchev–Trinajstić information content (AvgIpc) is 2.92. The lowest BCUT2D eigenvalue weighted by Gasteiger charge is -2.32. The lowest BCUT2D eigenvalue weighted by Crippen LogP contribution is -2.49. The first-order valence-electron chi connectivity index (χ1n) is 7.64. The van der Waals surface area contributed by atoms with E-state index in [0.29, 0.717) is 6.04 Å². The summed E-state index contributed by atoms with van der Waals surface area (Å²) >= 11 is 0. The van der Waals surface area contributed by atoms with Gasteiger partial charge in [-0.2, -0.15) is 0 Å². The van der Waals surface area contributed by atoms with Gasteiger partial charge >= 0.3 is 0 Å². The molecule has 2 aliphatic heterocycles. The second kappa shape index (κ2) is 7.54. The molecule has 21 heavy (non-hydrogen) atoms. The van der Waals surface area contributed by atoms with E-state index < -0.39 is 0 Å². The molecule has 118 valence electrons. The monoisotopic (exact) mass is 313 g/mol. The van der Waals surface area contributed by atoms with Gasteiger partial charge in [-0.25, -0.2) is 4.39 Å². The van der Waals surface area contributed by atoms with Gasteiger partial charge in [0.2, 0.25) is 0 Å². The number of halogens is 2. The first kappa shape index (κ1) is 16.7. The lowest BCUT2D eigenvalue weighted by atomic mass is 10.1. The van der Waals surface area contributed by atoms with E-state index in [9.17, 15) is 4.39 Å². The van der Waals surface area contributed by atoms with E-state index in [2.05, 4.69) is 15.1 Å². The molecule has 2 aliphatic rings. The molecule has 2 fully saturated rings. The first-order chi connectivity index (χ1) is 9.72. The summed E-state index contributed by atoms with van der Waals surface area (Å²) in [6.07, 6.45) is 1.26. The molecule has 1 N–H and O–H groups in total. The Morgan fingerprint density at radius 3 is 2.71 bits per heavy atom. The van der Waals surface area contributed by atoms with Crippen molar-refractivity contribution in [3.8, 4) is 0 Å².